The molecule has 1 saturated heterocycles. The Balaban J connectivity index is 1.72. The highest BCUT2D eigenvalue weighted by molar-refractivity contribution is 5.25. The standard InChI is InChI=1S/C21H34O4/c1-2-3-4-5-6-7-8-9-17-10-12-18(13-11-17)21(20-16-24-20)25-15-19(23)14-22/h10-13,19-23H,2-9,14-16H2,1H3. The monoisotopic (exact) mass is 350 g/mol. The molecule has 142 valence electrons. The molecule has 0 saturated carbocycles. The summed E-state index contributed by atoms with van der Waals surface area (Å²) in [7, 11) is 0. The number of hydrogen-bond donors (Lipinski definition) is 2. The molecule has 0 aliphatic carbocycles. The second-order valence-electron chi connectivity index (χ2n) is 7.08. The molecule has 0 bridgehead atoms. The molecular weight excluding hydrogens is 316 g/mol. The number of aliphatic hydroxyl groups is 2. The van der Waals surface area contributed by atoms with Crippen LogP contribution in [-0.2, 0) is 15.9 Å². The first kappa shape index (κ1) is 20.4. The van der Waals surface area contributed by atoms with Crippen molar-refractivity contribution < 1.29 is 19.7 Å². The molecule has 0 amide bonds. The van der Waals surface area contributed by atoms with Crippen molar-refractivity contribution in [2.24, 2.45) is 0 Å². The van der Waals surface area contributed by atoms with Crippen LogP contribution < -0.4 is 0 Å². The molecule has 2 N–H and O–H groups in total. The Labute approximate surface area is 152 Å². The third kappa shape index (κ3) is 7.87. The van der Waals surface area contributed by atoms with E-state index < -0.39 is 6.10 Å². The zero-order valence-corrected chi connectivity index (χ0v) is 15.5. The maximum Gasteiger partial charge on any atom is 0.111 e. The first-order valence-electron chi connectivity index (χ1n) is 9.85. The topological polar surface area (TPSA) is 62.2 Å². The lowest BCUT2D eigenvalue weighted by molar-refractivity contribution is -0.0383. The molecular formula is C21H34O4. The van der Waals surface area contributed by atoms with E-state index in [1.807, 2.05) is 0 Å². The van der Waals surface area contributed by atoms with Crippen LogP contribution in [0.25, 0.3) is 0 Å². The van der Waals surface area contributed by atoms with Gasteiger partial charge in [0.2, 0.25) is 0 Å². The summed E-state index contributed by atoms with van der Waals surface area (Å²) in [4.78, 5) is 0. The molecule has 1 aromatic rings. The van der Waals surface area contributed by atoms with E-state index in [-0.39, 0.29) is 25.4 Å². The van der Waals surface area contributed by atoms with E-state index in [0.717, 1.165) is 12.0 Å². The number of benzene rings is 1. The zero-order chi connectivity index (χ0) is 17.9. The van der Waals surface area contributed by atoms with Crippen molar-refractivity contribution in [3.05, 3.63) is 35.4 Å². The van der Waals surface area contributed by atoms with Crippen molar-refractivity contribution in [1.29, 1.82) is 0 Å². The molecule has 0 aromatic heterocycles. The average molecular weight is 350 g/mol. The van der Waals surface area contributed by atoms with E-state index >= 15 is 0 Å². The molecule has 0 spiro atoms. The number of epoxide rings is 1. The van der Waals surface area contributed by atoms with Gasteiger partial charge in [0.1, 0.15) is 18.3 Å². The van der Waals surface area contributed by atoms with E-state index in [2.05, 4.69) is 31.2 Å². The minimum Gasteiger partial charge on any atom is -0.394 e. The summed E-state index contributed by atoms with van der Waals surface area (Å²) in [5, 5.41) is 18.4. The van der Waals surface area contributed by atoms with Crippen molar-refractivity contribution in [2.45, 2.75) is 76.6 Å². The van der Waals surface area contributed by atoms with Gasteiger partial charge < -0.3 is 19.7 Å². The summed E-state index contributed by atoms with van der Waals surface area (Å²) < 4.78 is 11.1. The molecule has 25 heavy (non-hydrogen) atoms. The fourth-order valence-electron chi connectivity index (χ4n) is 3.08. The third-order valence-corrected chi connectivity index (χ3v) is 4.75. The number of aryl methyl sites for hydroxylation is 1. The highest BCUT2D eigenvalue weighted by Gasteiger charge is 2.35. The second kappa shape index (κ2) is 11.6. The van der Waals surface area contributed by atoms with Gasteiger partial charge in [-0.2, -0.15) is 0 Å². The molecule has 4 nitrogen and oxygen atoms in total. The third-order valence-electron chi connectivity index (χ3n) is 4.75. The van der Waals surface area contributed by atoms with Gasteiger partial charge in [-0.05, 0) is 24.0 Å². The molecule has 1 aromatic carbocycles. The van der Waals surface area contributed by atoms with Crippen molar-refractivity contribution in [3.8, 4) is 0 Å². The maximum absolute atomic E-state index is 9.47. The summed E-state index contributed by atoms with van der Waals surface area (Å²) in [6, 6.07) is 8.56. The van der Waals surface area contributed by atoms with Gasteiger partial charge >= 0.3 is 0 Å². The SMILES string of the molecule is CCCCCCCCCc1ccc(C(OCC(O)CO)C2CO2)cc1. The number of aliphatic hydroxyl groups excluding tert-OH is 2. The molecule has 4 heteroatoms. The smallest absolute Gasteiger partial charge is 0.111 e. The fourth-order valence-corrected chi connectivity index (χ4v) is 3.08. The van der Waals surface area contributed by atoms with E-state index in [1.54, 1.807) is 0 Å². The minimum atomic E-state index is -0.835. The molecule has 1 aliphatic rings. The first-order valence-corrected chi connectivity index (χ1v) is 9.85. The number of unbranched alkanes of at least 4 members (excludes halogenated alkanes) is 6. The Morgan fingerprint density at radius 3 is 2.32 bits per heavy atom. The lowest BCUT2D eigenvalue weighted by Crippen LogP contribution is -2.23. The van der Waals surface area contributed by atoms with Crippen molar-refractivity contribution in [1.82, 2.24) is 0 Å². The summed E-state index contributed by atoms with van der Waals surface area (Å²) in [6.45, 7) is 2.79. The van der Waals surface area contributed by atoms with E-state index in [9.17, 15) is 5.11 Å². The predicted molar refractivity (Wildman–Crippen MR) is 99.7 cm³/mol. The quantitative estimate of drug-likeness (QED) is 0.396. The van der Waals surface area contributed by atoms with Crippen LogP contribution in [0.15, 0.2) is 24.3 Å². The summed E-state index contributed by atoms with van der Waals surface area (Å²) in [6.07, 6.45) is 9.53. The van der Waals surface area contributed by atoms with Crippen LogP contribution in [0.3, 0.4) is 0 Å². The summed E-state index contributed by atoms with van der Waals surface area (Å²) in [5.41, 5.74) is 2.44. The van der Waals surface area contributed by atoms with Crippen LogP contribution in [0.5, 0.6) is 0 Å². The van der Waals surface area contributed by atoms with Gasteiger partial charge in [-0.3, -0.25) is 0 Å². The molecule has 3 atom stereocenters. The number of rotatable bonds is 14. The Hall–Kier alpha value is -0.940. The van der Waals surface area contributed by atoms with Gasteiger partial charge in [-0.25, -0.2) is 0 Å². The summed E-state index contributed by atoms with van der Waals surface area (Å²) in [5.74, 6) is 0. The summed E-state index contributed by atoms with van der Waals surface area (Å²) >= 11 is 0. The lowest BCUT2D eigenvalue weighted by atomic mass is 10.0. The average Bonchev–Trinajstić information content (AvgIpc) is 3.47. The molecule has 1 heterocycles. The van der Waals surface area contributed by atoms with E-state index in [0.29, 0.717) is 6.61 Å². The van der Waals surface area contributed by atoms with Gasteiger partial charge in [0, 0.05) is 0 Å². The second-order valence-corrected chi connectivity index (χ2v) is 7.08. The van der Waals surface area contributed by atoms with Crippen LogP contribution in [0.4, 0.5) is 0 Å². The number of hydrogen-bond acceptors (Lipinski definition) is 4. The van der Waals surface area contributed by atoms with Gasteiger partial charge in [0.15, 0.2) is 0 Å². The van der Waals surface area contributed by atoms with Crippen LogP contribution in [-0.4, -0.2) is 42.2 Å². The van der Waals surface area contributed by atoms with Crippen molar-refractivity contribution in [3.63, 3.8) is 0 Å². The number of ether oxygens (including phenoxy) is 2. The van der Waals surface area contributed by atoms with E-state index in [1.165, 1.54) is 50.5 Å². The molecule has 3 unspecified atom stereocenters. The minimum absolute atomic E-state index is 0.0693. The highest BCUT2D eigenvalue weighted by atomic mass is 16.6. The van der Waals surface area contributed by atoms with Gasteiger partial charge in [-0.1, -0.05) is 69.7 Å². The first-order chi connectivity index (χ1) is 12.2. The Kier molecular flexibility index (Phi) is 9.48. The molecule has 1 aliphatic heterocycles. The predicted octanol–water partition coefficient (Wildman–Crippen LogP) is 3.79. The molecule has 1 fully saturated rings. The molecule has 2 rings (SSSR count). The van der Waals surface area contributed by atoms with Gasteiger partial charge in [0.25, 0.3) is 0 Å². The largest absolute Gasteiger partial charge is 0.394 e. The van der Waals surface area contributed by atoms with Gasteiger partial charge in [-0.15, -0.1) is 0 Å². The lowest BCUT2D eigenvalue weighted by Gasteiger charge is -2.18. The Morgan fingerprint density at radius 2 is 1.72 bits per heavy atom. The van der Waals surface area contributed by atoms with Crippen LogP contribution in [0, 0.1) is 0 Å². The zero-order valence-electron chi connectivity index (χ0n) is 15.5. The Bertz CT molecular complexity index is 455. The van der Waals surface area contributed by atoms with Crippen molar-refractivity contribution in [2.75, 3.05) is 19.8 Å². The van der Waals surface area contributed by atoms with E-state index in [4.69, 9.17) is 14.6 Å². The fraction of sp³-hybridized carbons (Fsp3) is 0.714. The normalized spacial score (nSPS) is 18.9. The molecule has 0 radical (unpaired) electrons. The van der Waals surface area contributed by atoms with Gasteiger partial charge in [0.05, 0.1) is 19.8 Å². The Morgan fingerprint density at radius 1 is 1.08 bits per heavy atom. The maximum atomic E-state index is 9.47. The van der Waals surface area contributed by atoms with Crippen LogP contribution in [0.1, 0.15) is 69.1 Å². The van der Waals surface area contributed by atoms with Crippen LogP contribution >= 0.6 is 0 Å². The van der Waals surface area contributed by atoms with Crippen LogP contribution in [0.2, 0.25) is 0 Å². The van der Waals surface area contributed by atoms with Crippen molar-refractivity contribution >= 4 is 0 Å². The highest BCUT2D eigenvalue weighted by Crippen LogP contribution is 2.31.